The van der Waals surface area contributed by atoms with E-state index in [2.05, 4.69) is 51.3 Å². The van der Waals surface area contributed by atoms with Crippen LogP contribution in [0.15, 0.2) is 72.8 Å². The van der Waals surface area contributed by atoms with Crippen LogP contribution in [0.2, 0.25) is 0 Å². The van der Waals surface area contributed by atoms with E-state index in [-0.39, 0.29) is 17.2 Å². The Bertz CT molecular complexity index is 2070. The summed E-state index contributed by atoms with van der Waals surface area (Å²) in [5.41, 5.74) is 9.30. The molecule has 5 heteroatoms. The van der Waals surface area contributed by atoms with Gasteiger partial charge < -0.3 is 24.5 Å². The van der Waals surface area contributed by atoms with Crippen LogP contribution in [-0.2, 0) is 18.5 Å². The van der Waals surface area contributed by atoms with Crippen LogP contribution in [-0.4, -0.2) is 24.5 Å². The molecule has 196 valence electrons. The molecule has 0 aliphatic heterocycles. The van der Waals surface area contributed by atoms with Gasteiger partial charge in [-0.15, -0.1) is 12.8 Å². The zero-order valence-electron chi connectivity index (χ0n) is 22.2. The SMILES string of the molecule is C#CCn1c2c(c3ccccc31)C1(c3cc(C)c(O)cc3-2)c2cc(O)c(O)cc2-c2c1c1ccccc1n2CC#C. The van der Waals surface area contributed by atoms with Gasteiger partial charge in [-0.25, -0.2) is 0 Å². The van der Waals surface area contributed by atoms with Gasteiger partial charge in [-0.3, -0.25) is 0 Å². The molecule has 0 radical (unpaired) electrons. The second-order valence-corrected chi connectivity index (χ2v) is 10.9. The van der Waals surface area contributed by atoms with Gasteiger partial charge in [-0.1, -0.05) is 54.3 Å². The zero-order valence-corrected chi connectivity index (χ0v) is 22.2. The largest absolute Gasteiger partial charge is 0.508 e. The summed E-state index contributed by atoms with van der Waals surface area (Å²) in [4.78, 5) is 0. The lowest BCUT2D eigenvalue weighted by molar-refractivity contribution is 0.403. The van der Waals surface area contributed by atoms with Crippen molar-refractivity contribution in [2.24, 2.45) is 0 Å². The number of benzene rings is 4. The molecule has 4 aromatic carbocycles. The Kier molecular flexibility index (Phi) is 4.44. The van der Waals surface area contributed by atoms with E-state index in [1.165, 1.54) is 0 Å². The number of fused-ring (bicyclic) bond motifs is 14. The first-order chi connectivity index (χ1) is 19.9. The van der Waals surface area contributed by atoms with Crippen LogP contribution in [0, 0.1) is 31.6 Å². The highest BCUT2D eigenvalue weighted by atomic mass is 16.3. The number of hydrogen-bond donors (Lipinski definition) is 3. The predicted molar refractivity (Wildman–Crippen MR) is 161 cm³/mol. The number of aromatic hydroxyl groups is 3. The molecule has 2 aliphatic carbocycles. The first kappa shape index (κ1) is 23.4. The normalized spacial score (nSPS) is 16.0. The Morgan fingerprint density at radius 3 is 1.66 bits per heavy atom. The van der Waals surface area contributed by atoms with Gasteiger partial charge in [0, 0.05) is 44.1 Å². The Morgan fingerprint density at radius 2 is 1.12 bits per heavy atom. The van der Waals surface area contributed by atoms with Gasteiger partial charge in [0.05, 0.1) is 29.9 Å². The third-order valence-corrected chi connectivity index (χ3v) is 8.96. The Labute approximate surface area is 236 Å². The van der Waals surface area contributed by atoms with Gasteiger partial charge in [0.2, 0.25) is 0 Å². The van der Waals surface area contributed by atoms with Crippen LogP contribution in [0.1, 0.15) is 27.8 Å². The molecular weight excluding hydrogens is 508 g/mol. The van der Waals surface area contributed by atoms with Gasteiger partial charge in [-0.05, 0) is 53.9 Å². The van der Waals surface area contributed by atoms with Gasteiger partial charge in [0.25, 0.3) is 0 Å². The molecule has 0 amide bonds. The van der Waals surface area contributed by atoms with Crippen molar-refractivity contribution in [1.29, 1.82) is 0 Å². The van der Waals surface area contributed by atoms with Crippen LogP contribution < -0.4 is 0 Å². The summed E-state index contributed by atoms with van der Waals surface area (Å²) in [6.45, 7) is 2.58. The van der Waals surface area contributed by atoms with Crippen LogP contribution in [0.4, 0.5) is 0 Å². The first-order valence-electron chi connectivity index (χ1n) is 13.4. The number of aromatic nitrogens is 2. The van der Waals surface area contributed by atoms with E-state index in [0.717, 1.165) is 72.1 Å². The fourth-order valence-electron chi connectivity index (χ4n) is 7.53. The van der Waals surface area contributed by atoms with Crippen LogP contribution in [0.3, 0.4) is 0 Å². The molecule has 8 rings (SSSR count). The fraction of sp³-hybridized carbons (Fsp3) is 0.111. The van der Waals surface area contributed by atoms with E-state index in [1.807, 2.05) is 37.3 Å². The molecule has 0 bridgehead atoms. The van der Waals surface area contributed by atoms with Gasteiger partial charge in [0.1, 0.15) is 5.75 Å². The van der Waals surface area contributed by atoms with Crippen molar-refractivity contribution in [3.63, 3.8) is 0 Å². The molecular formula is C36H24N2O3. The molecule has 1 atom stereocenters. The number of hydrogen-bond acceptors (Lipinski definition) is 3. The summed E-state index contributed by atoms with van der Waals surface area (Å²) < 4.78 is 4.27. The Balaban J connectivity index is 1.71. The smallest absolute Gasteiger partial charge is 0.158 e. The van der Waals surface area contributed by atoms with E-state index < -0.39 is 5.41 Å². The molecule has 0 saturated heterocycles. The van der Waals surface area contributed by atoms with Crippen LogP contribution in [0.25, 0.3) is 44.3 Å². The van der Waals surface area contributed by atoms with E-state index in [4.69, 9.17) is 12.8 Å². The van der Waals surface area contributed by atoms with E-state index >= 15 is 0 Å². The van der Waals surface area contributed by atoms with Crippen LogP contribution in [0.5, 0.6) is 17.2 Å². The monoisotopic (exact) mass is 532 g/mol. The van der Waals surface area contributed by atoms with Crippen LogP contribution >= 0.6 is 0 Å². The molecule has 1 spiro atoms. The van der Waals surface area contributed by atoms with E-state index in [0.29, 0.717) is 13.1 Å². The van der Waals surface area contributed by atoms with Crippen molar-refractivity contribution in [2.45, 2.75) is 25.4 Å². The van der Waals surface area contributed by atoms with Crippen molar-refractivity contribution in [3.05, 3.63) is 101 Å². The summed E-state index contributed by atoms with van der Waals surface area (Å²) in [5.74, 6) is 5.47. The summed E-state index contributed by atoms with van der Waals surface area (Å²) in [6, 6.07) is 23.6. The minimum Gasteiger partial charge on any atom is -0.508 e. The van der Waals surface area contributed by atoms with Gasteiger partial charge in [0.15, 0.2) is 11.5 Å². The number of terminal acetylenes is 2. The lowest BCUT2D eigenvalue weighted by Crippen LogP contribution is -2.26. The second kappa shape index (κ2) is 7.78. The summed E-state index contributed by atoms with van der Waals surface area (Å²) in [6.07, 6.45) is 11.8. The van der Waals surface area contributed by atoms with Crippen molar-refractivity contribution in [2.75, 3.05) is 0 Å². The highest BCUT2D eigenvalue weighted by Gasteiger charge is 2.57. The summed E-state index contributed by atoms with van der Waals surface area (Å²) in [5, 5.41) is 34.8. The minimum atomic E-state index is -0.877. The van der Waals surface area contributed by atoms with Crippen molar-refractivity contribution >= 4 is 21.8 Å². The molecule has 0 saturated carbocycles. The third kappa shape index (κ3) is 2.59. The molecule has 3 N–H and O–H groups in total. The average molecular weight is 533 g/mol. The molecule has 6 aromatic rings. The molecule has 2 aromatic heterocycles. The number of aryl methyl sites for hydroxylation is 1. The van der Waals surface area contributed by atoms with Gasteiger partial charge in [-0.2, -0.15) is 0 Å². The number of para-hydroxylation sites is 2. The lowest BCUT2D eigenvalue weighted by atomic mass is 9.69. The van der Waals surface area contributed by atoms with Crippen molar-refractivity contribution < 1.29 is 15.3 Å². The third-order valence-electron chi connectivity index (χ3n) is 8.96. The maximum Gasteiger partial charge on any atom is 0.158 e. The molecule has 1 unspecified atom stereocenters. The number of phenolic OH excluding ortho intramolecular Hbond substituents is 3. The van der Waals surface area contributed by atoms with E-state index in [9.17, 15) is 15.3 Å². The fourth-order valence-corrected chi connectivity index (χ4v) is 7.53. The lowest BCUT2D eigenvalue weighted by Gasteiger charge is -2.30. The first-order valence-corrected chi connectivity index (χ1v) is 13.4. The van der Waals surface area contributed by atoms with Crippen molar-refractivity contribution in [3.8, 4) is 64.5 Å². The number of rotatable bonds is 2. The topological polar surface area (TPSA) is 70.6 Å². The van der Waals surface area contributed by atoms with Gasteiger partial charge >= 0.3 is 0 Å². The Hall–Kier alpha value is -5.52. The highest BCUT2D eigenvalue weighted by Crippen LogP contribution is 2.67. The molecule has 5 nitrogen and oxygen atoms in total. The molecule has 2 heterocycles. The molecule has 2 aliphatic rings. The maximum atomic E-state index is 11.0. The predicted octanol–water partition coefficient (Wildman–Crippen LogP) is 6.63. The number of nitrogens with zero attached hydrogens (tertiary/aromatic N) is 2. The molecule has 0 fully saturated rings. The van der Waals surface area contributed by atoms with Crippen molar-refractivity contribution in [1.82, 2.24) is 9.13 Å². The maximum absolute atomic E-state index is 11.0. The standard InChI is InChI=1S/C36H24N2O3/c1-4-14-37-27-12-8-6-10-21(27)32-34(37)23-17-29(39)20(3)16-25(23)36(32)26-19-31(41)30(40)18-24(26)35-33(36)22-11-7-9-13-28(22)38(35)15-5-2/h1-2,6-13,16-19,39-41H,14-15H2,3H3. The minimum absolute atomic E-state index is 0.195. The number of phenols is 3. The summed E-state index contributed by atoms with van der Waals surface area (Å²) >= 11 is 0. The quantitative estimate of drug-likeness (QED) is 0.173. The summed E-state index contributed by atoms with van der Waals surface area (Å²) in [7, 11) is 0. The van der Waals surface area contributed by atoms with E-state index in [1.54, 1.807) is 12.1 Å². The molecule has 41 heavy (non-hydrogen) atoms. The average Bonchev–Trinajstić information content (AvgIpc) is 3.64. The Morgan fingerprint density at radius 1 is 0.659 bits per heavy atom. The zero-order chi connectivity index (χ0) is 28.2. The highest BCUT2D eigenvalue weighted by molar-refractivity contribution is 6.09. The second-order valence-electron chi connectivity index (χ2n) is 10.9.